The van der Waals surface area contributed by atoms with E-state index in [4.69, 9.17) is 4.74 Å². The van der Waals surface area contributed by atoms with Gasteiger partial charge in [-0.1, -0.05) is 19.1 Å². The Balaban J connectivity index is 1.63. The monoisotopic (exact) mass is 428 g/mol. The van der Waals surface area contributed by atoms with Crippen molar-refractivity contribution in [3.8, 4) is 5.75 Å². The molecule has 1 aliphatic rings. The van der Waals surface area contributed by atoms with Crippen molar-refractivity contribution >= 4 is 40.6 Å². The minimum Gasteiger partial charge on any atom is -0.491 e. The highest BCUT2D eigenvalue weighted by atomic mass is 32.2. The Morgan fingerprint density at radius 3 is 2.47 bits per heavy atom. The van der Waals surface area contributed by atoms with Crippen molar-refractivity contribution in [2.45, 2.75) is 26.4 Å². The molecule has 0 saturated carbocycles. The van der Waals surface area contributed by atoms with Crippen LogP contribution in [0.15, 0.2) is 53.4 Å². The first kappa shape index (κ1) is 21.6. The Hall–Kier alpha value is -3.13. The number of hydrogen-bond acceptors (Lipinski definition) is 5. The second kappa shape index (κ2) is 9.58. The van der Waals surface area contributed by atoms with Gasteiger partial charge >= 0.3 is 0 Å². The van der Waals surface area contributed by atoms with Gasteiger partial charge in [0.1, 0.15) is 18.1 Å². The minimum atomic E-state index is -0.545. The second-order valence-corrected chi connectivity index (χ2v) is 7.72. The van der Waals surface area contributed by atoms with E-state index in [9.17, 15) is 18.8 Å². The van der Waals surface area contributed by atoms with E-state index in [-0.39, 0.29) is 11.0 Å². The van der Waals surface area contributed by atoms with Crippen LogP contribution >= 0.6 is 11.8 Å². The molecule has 1 saturated heterocycles. The molecule has 0 spiro atoms. The molecule has 3 amide bonds. The van der Waals surface area contributed by atoms with Crippen molar-refractivity contribution in [2.24, 2.45) is 0 Å². The number of anilines is 1. The maximum atomic E-state index is 12.9. The quantitative estimate of drug-likeness (QED) is 0.648. The molecule has 0 aromatic heterocycles. The number of rotatable bonds is 7. The van der Waals surface area contributed by atoms with E-state index in [2.05, 4.69) is 5.32 Å². The summed E-state index contributed by atoms with van der Waals surface area (Å²) in [6.07, 6.45) is 2.60. The molecule has 1 fully saturated rings. The van der Waals surface area contributed by atoms with Crippen LogP contribution in [-0.2, 0) is 9.59 Å². The topological polar surface area (TPSA) is 75.7 Å². The van der Waals surface area contributed by atoms with Gasteiger partial charge in [0.15, 0.2) is 0 Å². The van der Waals surface area contributed by atoms with Crippen LogP contribution < -0.4 is 10.1 Å². The number of nitrogens with zero attached hydrogens (tertiary/aromatic N) is 1. The van der Waals surface area contributed by atoms with Gasteiger partial charge in [0.05, 0.1) is 11.0 Å². The second-order valence-electron chi connectivity index (χ2n) is 6.73. The molecule has 1 N–H and O–H groups in total. The van der Waals surface area contributed by atoms with Crippen LogP contribution in [0.4, 0.5) is 14.9 Å². The summed E-state index contributed by atoms with van der Waals surface area (Å²) in [6.45, 7) is 3.60. The molecule has 156 valence electrons. The van der Waals surface area contributed by atoms with Crippen molar-refractivity contribution in [3.63, 3.8) is 0 Å². The highest BCUT2D eigenvalue weighted by molar-refractivity contribution is 8.18. The number of nitrogens with one attached hydrogen (secondary N) is 1. The molecule has 0 aliphatic carbocycles. The number of hydrogen-bond donors (Lipinski definition) is 1. The van der Waals surface area contributed by atoms with Crippen LogP contribution in [0.2, 0.25) is 0 Å². The molecule has 30 heavy (non-hydrogen) atoms. The number of carbonyl (C=O) groups excluding carboxylic acids is 3. The van der Waals surface area contributed by atoms with E-state index in [1.807, 2.05) is 13.8 Å². The smallest absolute Gasteiger partial charge is 0.294 e. The lowest BCUT2D eigenvalue weighted by Gasteiger charge is -2.12. The summed E-state index contributed by atoms with van der Waals surface area (Å²) in [5.41, 5.74) is 1.12. The van der Waals surface area contributed by atoms with Crippen LogP contribution in [0.1, 0.15) is 25.8 Å². The molecular weight excluding hydrogens is 407 g/mol. The van der Waals surface area contributed by atoms with E-state index in [0.29, 0.717) is 5.69 Å². The predicted octanol–water partition coefficient (Wildman–Crippen LogP) is 4.68. The van der Waals surface area contributed by atoms with E-state index >= 15 is 0 Å². The molecular formula is C22H21FN2O4S. The zero-order valence-electron chi connectivity index (χ0n) is 16.6. The van der Waals surface area contributed by atoms with Gasteiger partial charge in [-0.15, -0.1) is 0 Å². The van der Waals surface area contributed by atoms with Crippen LogP contribution in [0, 0.1) is 5.82 Å². The van der Waals surface area contributed by atoms with Gasteiger partial charge in [-0.05, 0) is 73.1 Å². The number of amides is 3. The van der Waals surface area contributed by atoms with Crippen molar-refractivity contribution < 1.29 is 23.5 Å². The molecule has 1 aliphatic heterocycles. The number of imide groups is 1. The third kappa shape index (κ3) is 5.48. The third-order valence-corrected chi connectivity index (χ3v) is 5.30. The van der Waals surface area contributed by atoms with Crippen molar-refractivity contribution in [2.75, 3.05) is 11.9 Å². The van der Waals surface area contributed by atoms with E-state index in [0.717, 1.165) is 34.4 Å². The highest BCUT2D eigenvalue weighted by Gasteiger charge is 2.36. The summed E-state index contributed by atoms with van der Waals surface area (Å²) < 4.78 is 18.7. The first-order chi connectivity index (χ1) is 14.4. The summed E-state index contributed by atoms with van der Waals surface area (Å²) in [5.74, 6) is -0.772. The fourth-order valence-electron chi connectivity index (χ4n) is 2.62. The summed E-state index contributed by atoms with van der Waals surface area (Å²) in [4.78, 5) is 38.1. The zero-order valence-corrected chi connectivity index (χ0v) is 17.4. The molecule has 2 aromatic carbocycles. The Labute approximate surface area is 178 Å². The lowest BCUT2D eigenvalue weighted by Crippen LogP contribution is -2.36. The van der Waals surface area contributed by atoms with E-state index in [1.165, 1.54) is 24.3 Å². The van der Waals surface area contributed by atoms with Gasteiger partial charge in [0.2, 0.25) is 5.91 Å². The van der Waals surface area contributed by atoms with E-state index in [1.54, 1.807) is 30.3 Å². The average Bonchev–Trinajstić information content (AvgIpc) is 2.98. The van der Waals surface area contributed by atoms with Gasteiger partial charge in [0.25, 0.3) is 11.1 Å². The standard InChI is InChI=1S/C22H21FN2O4S/c1-3-14(2)29-18-10-4-15(5-11-18)12-19-21(27)25(22(28)30-19)13-20(26)24-17-8-6-16(23)7-9-17/h4-12,14H,3,13H2,1-2H3,(H,24,26)/b19-12-/t14-/m1/s1. The first-order valence-electron chi connectivity index (χ1n) is 9.43. The molecule has 3 rings (SSSR count). The molecule has 2 aromatic rings. The molecule has 8 heteroatoms. The fourth-order valence-corrected chi connectivity index (χ4v) is 3.46. The largest absolute Gasteiger partial charge is 0.491 e. The Kier molecular flexibility index (Phi) is 6.89. The summed E-state index contributed by atoms with van der Waals surface area (Å²) >= 11 is 0.783. The predicted molar refractivity (Wildman–Crippen MR) is 115 cm³/mol. The van der Waals surface area contributed by atoms with Crippen LogP contribution in [-0.4, -0.2) is 34.6 Å². The highest BCUT2D eigenvalue weighted by Crippen LogP contribution is 2.32. The molecule has 6 nitrogen and oxygen atoms in total. The van der Waals surface area contributed by atoms with Crippen molar-refractivity contribution in [1.29, 1.82) is 0 Å². The molecule has 1 heterocycles. The fraction of sp³-hybridized carbons (Fsp3) is 0.227. The van der Waals surface area contributed by atoms with Gasteiger partial charge in [-0.3, -0.25) is 19.3 Å². The van der Waals surface area contributed by atoms with Gasteiger partial charge < -0.3 is 10.1 Å². The molecule has 0 bridgehead atoms. The SMILES string of the molecule is CC[C@@H](C)Oc1ccc(/C=C2\SC(=O)N(CC(=O)Nc3ccc(F)cc3)C2=O)cc1. The average molecular weight is 428 g/mol. The van der Waals surface area contributed by atoms with Gasteiger partial charge in [-0.25, -0.2) is 4.39 Å². The van der Waals surface area contributed by atoms with Crippen LogP contribution in [0.25, 0.3) is 6.08 Å². The molecule has 1 atom stereocenters. The maximum absolute atomic E-state index is 12.9. The Morgan fingerprint density at radius 1 is 1.17 bits per heavy atom. The Morgan fingerprint density at radius 2 is 1.83 bits per heavy atom. The lowest BCUT2D eigenvalue weighted by molar-refractivity contribution is -0.127. The summed E-state index contributed by atoms with van der Waals surface area (Å²) in [5, 5.41) is 2.02. The zero-order chi connectivity index (χ0) is 21.7. The number of benzene rings is 2. The number of thioether (sulfide) groups is 1. The normalized spacial score (nSPS) is 16.1. The number of ether oxygens (including phenoxy) is 1. The molecule has 0 radical (unpaired) electrons. The van der Waals surface area contributed by atoms with Gasteiger partial charge in [0, 0.05) is 5.69 Å². The lowest BCUT2D eigenvalue weighted by atomic mass is 10.2. The van der Waals surface area contributed by atoms with E-state index < -0.39 is 29.4 Å². The Bertz CT molecular complexity index is 974. The van der Waals surface area contributed by atoms with Crippen molar-refractivity contribution in [1.82, 2.24) is 4.90 Å². The third-order valence-electron chi connectivity index (χ3n) is 4.39. The number of halogens is 1. The summed E-state index contributed by atoms with van der Waals surface area (Å²) in [6, 6.07) is 12.4. The number of carbonyl (C=O) groups is 3. The van der Waals surface area contributed by atoms with Crippen LogP contribution in [0.5, 0.6) is 5.75 Å². The van der Waals surface area contributed by atoms with Crippen molar-refractivity contribution in [3.05, 3.63) is 64.8 Å². The van der Waals surface area contributed by atoms with Gasteiger partial charge in [-0.2, -0.15) is 0 Å². The molecule has 0 unspecified atom stereocenters. The van der Waals surface area contributed by atoms with Crippen LogP contribution in [0.3, 0.4) is 0 Å². The minimum absolute atomic E-state index is 0.105. The maximum Gasteiger partial charge on any atom is 0.294 e. The first-order valence-corrected chi connectivity index (χ1v) is 10.2. The summed E-state index contributed by atoms with van der Waals surface area (Å²) in [7, 11) is 0.